The van der Waals surface area contributed by atoms with Crippen LogP contribution in [0.5, 0.6) is 0 Å². The minimum Gasteiger partial charge on any atom is -0.382 e. The Morgan fingerprint density at radius 2 is 2.21 bits per heavy atom. The highest BCUT2D eigenvalue weighted by Gasteiger charge is 2.14. The zero-order valence-electron chi connectivity index (χ0n) is 10.5. The van der Waals surface area contributed by atoms with Gasteiger partial charge in [0.2, 0.25) is 0 Å². The molecule has 0 aliphatic carbocycles. The van der Waals surface area contributed by atoms with Gasteiger partial charge in [-0.1, -0.05) is 22.9 Å². The summed E-state index contributed by atoms with van der Waals surface area (Å²) >= 11 is 3.48. The number of aromatic amines is 1. The number of H-pyrrole nitrogens is 1. The smallest absolute Gasteiger partial charge is 0.159 e. The van der Waals surface area contributed by atoms with Gasteiger partial charge in [0.05, 0.1) is 11.0 Å². The van der Waals surface area contributed by atoms with Crippen LogP contribution in [-0.2, 0) is 6.54 Å². The minimum absolute atomic E-state index is 0.478. The van der Waals surface area contributed by atoms with Crippen molar-refractivity contribution in [1.82, 2.24) is 19.7 Å². The molecule has 1 aromatic carbocycles. The molecule has 3 rings (SSSR count). The first-order valence-corrected chi connectivity index (χ1v) is 6.95. The van der Waals surface area contributed by atoms with Crippen LogP contribution in [-0.4, -0.2) is 19.7 Å². The Hall–Kier alpha value is -1.82. The number of benzene rings is 1. The van der Waals surface area contributed by atoms with E-state index in [0.29, 0.717) is 5.82 Å². The highest BCUT2D eigenvalue weighted by atomic mass is 79.9. The van der Waals surface area contributed by atoms with Crippen molar-refractivity contribution in [2.75, 3.05) is 5.73 Å². The topological polar surface area (TPSA) is 72.5 Å². The van der Waals surface area contributed by atoms with Crippen molar-refractivity contribution in [2.45, 2.75) is 19.9 Å². The lowest BCUT2D eigenvalue weighted by Gasteiger charge is -2.05. The first-order valence-electron chi connectivity index (χ1n) is 6.16. The lowest BCUT2D eigenvalue weighted by Crippen LogP contribution is -1.99. The molecule has 0 fully saturated rings. The Bertz CT molecular complexity index is 728. The number of hydrogen-bond donors (Lipinski definition) is 2. The van der Waals surface area contributed by atoms with E-state index in [1.165, 1.54) is 0 Å². The molecule has 3 N–H and O–H groups in total. The van der Waals surface area contributed by atoms with Gasteiger partial charge in [-0.05, 0) is 24.6 Å². The van der Waals surface area contributed by atoms with Crippen molar-refractivity contribution in [1.29, 1.82) is 0 Å². The maximum atomic E-state index is 5.67. The van der Waals surface area contributed by atoms with Gasteiger partial charge >= 0.3 is 0 Å². The SMILES string of the molecule is CCCn1c(-c2cc(N)n[nH]2)nc2cc(Br)ccc21. The predicted molar refractivity (Wildman–Crippen MR) is 79.7 cm³/mol. The largest absolute Gasteiger partial charge is 0.382 e. The maximum Gasteiger partial charge on any atom is 0.159 e. The molecule has 2 heterocycles. The number of anilines is 1. The van der Waals surface area contributed by atoms with Crippen molar-refractivity contribution in [3.05, 3.63) is 28.7 Å². The Morgan fingerprint density at radius 3 is 2.89 bits per heavy atom. The van der Waals surface area contributed by atoms with E-state index >= 15 is 0 Å². The zero-order chi connectivity index (χ0) is 13.4. The number of nitrogens with one attached hydrogen (secondary N) is 1. The van der Waals surface area contributed by atoms with Crippen LogP contribution in [0.3, 0.4) is 0 Å². The fourth-order valence-electron chi connectivity index (χ4n) is 2.21. The van der Waals surface area contributed by atoms with Gasteiger partial charge in [-0.25, -0.2) is 4.98 Å². The Balaban J connectivity index is 2.25. The lowest BCUT2D eigenvalue weighted by atomic mass is 10.3. The first-order chi connectivity index (χ1) is 9.19. The number of nitrogen functional groups attached to an aromatic ring is 1. The fourth-order valence-corrected chi connectivity index (χ4v) is 2.56. The van der Waals surface area contributed by atoms with Gasteiger partial charge < -0.3 is 10.3 Å². The average Bonchev–Trinajstić information content (AvgIpc) is 2.94. The lowest BCUT2D eigenvalue weighted by molar-refractivity contribution is 0.702. The molecule has 0 aliphatic heterocycles. The average molecular weight is 320 g/mol. The molecule has 0 spiro atoms. The van der Waals surface area contributed by atoms with E-state index < -0.39 is 0 Å². The highest BCUT2D eigenvalue weighted by Crippen LogP contribution is 2.26. The van der Waals surface area contributed by atoms with Gasteiger partial charge in [-0.3, -0.25) is 5.10 Å². The summed E-state index contributed by atoms with van der Waals surface area (Å²) in [5, 5.41) is 6.90. The van der Waals surface area contributed by atoms with E-state index in [4.69, 9.17) is 5.73 Å². The number of halogens is 1. The zero-order valence-corrected chi connectivity index (χ0v) is 12.1. The van der Waals surface area contributed by atoms with E-state index in [1.807, 2.05) is 18.2 Å². The minimum atomic E-state index is 0.478. The number of aromatic nitrogens is 4. The molecular formula is C13H14BrN5. The second-order valence-corrected chi connectivity index (χ2v) is 5.34. The highest BCUT2D eigenvalue weighted by molar-refractivity contribution is 9.10. The molecule has 0 saturated heterocycles. The van der Waals surface area contributed by atoms with E-state index in [9.17, 15) is 0 Å². The molecular weight excluding hydrogens is 306 g/mol. The van der Waals surface area contributed by atoms with Crippen molar-refractivity contribution in [3.63, 3.8) is 0 Å². The predicted octanol–water partition coefficient (Wildman–Crippen LogP) is 3.18. The standard InChI is InChI=1S/C13H14BrN5/c1-2-5-19-11-4-3-8(14)6-9(11)16-13(19)10-7-12(15)18-17-10/h3-4,6-7H,2,5H2,1H3,(H3,15,17,18). The van der Waals surface area contributed by atoms with E-state index in [1.54, 1.807) is 0 Å². The Kier molecular flexibility index (Phi) is 3.02. The third-order valence-corrected chi connectivity index (χ3v) is 3.49. The second-order valence-electron chi connectivity index (χ2n) is 4.43. The summed E-state index contributed by atoms with van der Waals surface area (Å²) in [7, 11) is 0. The van der Waals surface area contributed by atoms with Crippen LogP contribution in [0.15, 0.2) is 28.7 Å². The van der Waals surface area contributed by atoms with Gasteiger partial charge in [-0.2, -0.15) is 5.10 Å². The molecule has 2 aromatic heterocycles. The van der Waals surface area contributed by atoms with Crippen LogP contribution in [0.4, 0.5) is 5.82 Å². The Labute approximate surface area is 119 Å². The normalized spacial score (nSPS) is 11.3. The molecule has 0 aliphatic rings. The molecule has 3 aromatic rings. The maximum absolute atomic E-state index is 5.67. The number of rotatable bonds is 3. The molecule has 0 atom stereocenters. The molecule has 0 amide bonds. The van der Waals surface area contributed by atoms with E-state index in [0.717, 1.165) is 40.0 Å². The van der Waals surface area contributed by atoms with Crippen molar-refractivity contribution in [2.24, 2.45) is 0 Å². The van der Waals surface area contributed by atoms with Crippen molar-refractivity contribution in [3.8, 4) is 11.5 Å². The molecule has 5 nitrogen and oxygen atoms in total. The van der Waals surface area contributed by atoms with Crippen molar-refractivity contribution < 1.29 is 0 Å². The summed E-state index contributed by atoms with van der Waals surface area (Å²) < 4.78 is 3.21. The van der Waals surface area contributed by atoms with E-state index in [-0.39, 0.29) is 0 Å². The molecule has 0 radical (unpaired) electrons. The number of fused-ring (bicyclic) bond motifs is 1. The third-order valence-electron chi connectivity index (χ3n) is 3.00. The van der Waals surface area contributed by atoms with Crippen molar-refractivity contribution >= 4 is 32.8 Å². The van der Waals surface area contributed by atoms with Crippen LogP contribution in [0.1, 0.15) is 13.3 Å². The summed E-state index contributed by atoms with van der Waals surface area (Å²) in [5.41, 5.74) is 8.60. The summed E-state index contributed by atoms with van der Waals surface area (Å²) in [5.74, 6) is 1.35. The number of aryl methyl sites for hydroxylation is 1. The third kappa shape index (κ3) is 2.12. The number of nitrogens with zero attached hydrogens (tertiary/aromatic N) is 3. The van der Waals surface area contributed by atoms with E-state index in [2.05, 4.69) is 48.7 Å². The molecule has 6 heteroatoms. The Morgan fingerprint density at radius 1 is 1.37 bits per heavy atom. The molecule has 19 heavy (non-hydrogen) atoms. The summed E-state index contributed by atoms with van der Waals surface area (Å²) in [6, 6.07) is 7.93. The van der Waals surface area contributed by atoms with Crippen LogP contribution in [0, 0.1) is 0 Å². The molecule has 0 bridgehead atoms. The summed E-state index contributed by atoms with van der Waals surface area (Å²) in [6.07, 6.45) is 1.04. The molecule has 0 unspecified atom stereocenters. The molecule has 0 saturated carbocycles. The monoisotopic (exact) mass is 319 g/mol. The molecule has 98 valence electrons. The summed E-state index contributed by atoms with van der Waals surface area (Å²) in [6.45, 7) is 3.06. The van der Waals surface area contributed by atoms with Gasteiger partial charge in [-0.15, -0.1) is 0 Å². The van der Waals surface area contributed by atoms with Gasteiger partial charge in [0.25, 0.3) is 0 Å². The second kappa shape index (κ2) is 4.70. The van der Waals surface area contributed by atoms with Crippen LogP contribution >= 0.6 is 15.9 Å². The number of imidazole rings is 1. The van der Waals surface area contributed by atoms with Gasteiger partial charge in [0.15, 0.2) is 5.82 Å². The fraction of sp³-hybridized carbons (Fsp3) is 0.231. The number of hydrogen-bond acceptors (Lipinski definition) is 3. The summed E-state index contributed by atoms with van der Waals surface area (Å²) in [4.78, 5) is 4.68. The quantitative estimate of drug-likeness (QED) is 0.778. The van der Waals surface area contributed by atoms with Crippen LogP contribution < -0.4 is 5.73 Å². The first kappa shape index (κ1) is 12.2. The number of nitrogens with two attached hydrogens (primary N) is 1. The van der Waals surface area contributed by atoms with Gasteiger partial charge in [0, 0.05) is 17.1 Å². The van der Waals surface area contributed by atoms with Crippen LogP contribution in [0.25, 0.3) is 22.6 Å². The van der Waals surface area contributed by atoms with Gasteiger partial charge in [0.1, 0.15) is 11.5 Å². The van der Waals surface area contributed by atoms with Crippen LogP contribution in [0.2, 0.25) is 0 Å².